The molecule has 25 heavy (non-hydrogen) atoms. The summed E-state index contributed by atoms with van der Waals surface area (Å²) in [5.74, 6) is 1.22. The summed E-state index contributed by atoms with van der Waals surface area (Å²) in [4.78, 5) is 28.3. The third-order valence-corrected chi connectivity index (χ3v) is 3.94. The predicted molar refractivity (Wildman–Crippen MR) is 96.8 cm³/mol. The number of anilines is 1. The Morgan fingerprint density at radius 3 is 2.56 bits per heavy atom. The number of nitrogens with one attached hydrogen (secondary N) is 2. The van der Waals surface area contributed by atoms with Gasteiger partial charge in [0.05, 0.1) is 5.69 Å². The number of furan rings is 1. The zero-order chi connectivity index (χ0) is 18.8. The summed E-state index contributed by atoms with van der Waals surface area (Å²) in [7, 11) is 0. The van der Waals surface area contributed by atoms with Crippen molar-refractivity contribution in [3.8, 4) is 11.3 Å². The first-order valence-electron chi connectivity index (χ1n) is 7.88. The van der Waals surface area contributed by atoms with Gasteiger partial charge in [0.2, 0.25) is 5.91 Å². The Morgan fingerprint density at radius 2 is 2.00 bits per heavy atom. The number of nitrogens with zero attached hydrogens (tertiary/aromatic N) is 1. The molecule has 1 atom stereocenters. The third-order valence-electron chi connectivity index (χ3n) is 3.18. The fourth-order valence-electron chi connectivity index (χ4n) is 2.10. The van der Waals surface area contributed by atoms with Crippen LogP contribution in [0, 0.1) is 13.8 Å². The van der Waals surface area contributed by atoms with Gasteiger partial charge >= 0.3 is 6.09 Å². The smallest absolute Gasteiger partial charge is 0.408 e. The van der Waals surface area contributed by atoms with E-state index in [1.807, 2.05) is 25.3 Å². The molecule has 0 saturated carbocycles. The standard InChI is InChI=1S/C17H23N3O4S/c1-9-7-12(11(3)23-9)13-8-25-15(19-13)20-14(21)10(2)18-16(22)24-17(4,5)6/h7-8,10H,1-6H3,(H,18,22)(H,19,20,21). The second-order valence-corrected chi connectivity index (χ2v) is 7.58. The number of carbonyl (C=O) groups excluding carboxylic acids is 2. The van der Waals surface area contributed by atoms with E-state index in [2.05, 4.69) is 15.6 Å². The van der Waals surface area contributed by atoms with Gasteiger partial charge in [-0.05, 0) is 47.6 Å². The number of aryl methyl sites for hydroxylation is 2. The van der Waals surface area contributed by atoms with Crippen molar-refractivity contribution in [1.82, 2.24) is 10.3 Å². The number of alkyl carbamates (subject to hydrolysis) is 1. The van der Waals surface area contributed by atoms with Crippen LogP contribution < -0.4 is 10.6 Å². The second-order valence-electron chi connectivity index (χ2n) is 6.72. The molecule has 2 rings (SSSR count). The summed E-state index contributed by atoms with van der Waals surface area (Å²) in [5, 5.41) is 7.49. The predicted octanol–water partition coefficient (Wildman–Crippen LogP) is 3.87. The molecule has 0 fully saturated rings. The number of rotatable bonds is 4. The Balaban J connectivity index is 1.97. The maximum absolute atomic E-state index is 12.2. The quantitative estimate of drug-likeness (QED) is 0.858. The van der Waals surface area contributed by atoms with E-state index < -0.39 is 17.7 Å². The van der Waals surface area contributed by atoms with E-state index in [4.69, 9.17) is 9.15 Å². The van der Waals surface area contributed by atoms with Crippen molar-refractivity contribution in [3.05, 3.63) is 23.0 Å². The highest BCUT2D eigenvalue weighted by molar-refractivity contribution is 7.14. The van der Waals surface area contributed by atoms with Gasteiger partial charge in [-0.25, -0.2) is 9.78 Å². The van der Waals surface area contributed by atoms with E-state index in [-0.39, 0.29) is 5.91 Å². The molecular formula is C17H23N3O4S. The van der Waals surface area contributed by atoms with Crippen molar-refractivity contribution in [2.75, 3.05) is 5.32 Å². The van der Waals surface area contributed by atoms with Crippen LogP contribution in [0.3, 0.4) is 0 Å². The topological polar surface area (TPSA) is 93.5 Å². The van der Waals surface area contributed by atoms with Gasteiger partial charge in [-0.15, -0.1) is 11.3 Å². The van der Waals surface area contributed by atoms with Crippen LogP contribution in [0.4, 0.5) is 9.93 Å². The monoisotopic (exact) mass is 365 g/mol. The Kier molecular flexibility index (Phi) is 5.52. The first-order chi connectivity index (χ1) is 11.5. The highest BCUT2D eigenvalue weighted by atomic mass is 32.1. The molecule has 2 heterocycles. The van der Waals surface area contributed by atoms with Crippen LogP contribution in [0.2, 0.25) is 0 Å². The molecule has 0 saturated heterocycles. The van der Waals surface area contributed by atoms with E-state index in [9.17, 15) is 9.59 Å². The van der Waals surface area contributed by atoms with Gasteiger partial charge in [0.15, 0.2) is 5.13 Å². The Bertz CT molecular complexity index is 773. The molecule has 2 amide bonds. The number of amides is 2. The Hall–Kier alpha value is -2.35. The summed E-state index contributed by atoms with van der Waals surface area (Å²) >= 11 is 1.31. The minimum absolute atomic E-state index is 0.369. The molecule has 0 bridgehead atoms. The van der Waals surface area contributed by atoms with Crippen molar-refractivity contribution < 1.29 is 18.7 Å². The second kappa shape index (κ2) is 7.26. The molecule has 0 aliphatic carbocycles. The summed E-state index contributed by atoms with van der Waals surface area (Å²) in [6.07, 6.45) is -0.639. The van der Waals surface area contributed by atoms with E-state index in [0.717, 1.165) is 22.8 Å². The minimum Gasteiger partial charge on any atom is -0.466 e. The average molecular weight is 365 g/mol. The van der Waals surface area contributed by atoms with Crippen LogP contribution in [0.25, 0.3) is 11.3 Å². The molecule has 1 unspecified atom stereocenters. The van der Waals surface area contributed by atoms with Gasteiger partial charge in [-0.2, -0.15) is 0 Å². The van der Waals surface area contributed by atoms with Crippen molar-refractivity contribution in [2.24, 2.45) is 0 Å². The largest absolute Gasteiger partial charge is 0.466 e. The summed E-state index contributed by atoms with van der Waals surface area (Å²) in [5.41, 5.74) is 1.02. The molecule has 0 aromatic carbocycles. The van der Waals surface area contributed by atoms with Crippen LogP contribution in [-0.2, 0) is 9.53 Å². The summed E-state index contributed by atoms with van der Waals surface area (Å²) in [6, 6.07) is 1.16. The molecule has 0 aliphatic rings. The Labute approximate surface area is 150 Å². The highest BCUT2D eigenvalue weighted by Gasteiger charge is 2.22. The zero-order valence-electron chi connectivity index (χ0n) is 15.2. The molecule has 0 aliphatic heterocycles. The molecular weight excluding hydrogens is 342 g/mol. The molecule has 2 aromatic rings. The van der Waals surface area contributed by atoms with Crippen molar-refractivity contribution in [1.29, 1.82) is 0 Å². The van der Waals surface area contributed by atoms with Crippen LogP contribution in [-0.4, -0.2) is 28.6 Å². The van der Waals surface area contributed by atoms with Gasteiger partial charge in [0.1, 0.15) is 23.2 Å². The number of hydrogen-bond donors (Lipinski definition) is 2. The number of thiazole rings is 1. The van der Waals surface area contributed by atoms with E-state index in [1.54, 1.807) is 27.7 Å². The first-order valence-corrected chi connectivity index (χ1v) is 8.76. The van der Waals surface area contributed by atoms with Gasteiger partial charge in [-0.3, -0.25) is 4.79 Å². The molecule has 136 valence electrons. The lowest BCUT2D eigenvalue weighted by Crippen LogP contribution is -2.43. The Morgan fingerprint density at radius 1 is 1.32 bits per heavy atom. The van der Waals surface area contributed by atoms with E-state index in [0.29, 0.717) is 5.13 Å². The highest BCUT2D eigenvalue weighted by Crippen LogP contribution is 2.29. The lowest BCUT2D eigenvalue weighted by Gasteiger charge is -2.21. The molecule has 8 heteroatoms. The number of hydrogen-bond acceptors (Lipinski definition) is 6. The van der Waals surface area contributed by atoms with Gasteiger partial charge in [0.25, 0.3) is 0 Å². The average Bonchev–Trinajstić information content (AvgIpc) is 3.02. The summed E-state index contributed by atoms with van der Waals surface area (Å²) in [6.45, 7) is 10.6. The number of ether oxygens (including phenoxy) is 1. The third kappa shape index (κ3) is 5.32. The number of carbonyl (C=O) groups is 2. The SMILES string of the molecule is Cc1cc(-c2csc(NC(=O)C(C)NC(=O)OC(C)(C)C)n2)c(C)o1. The van der Waals surface area contributed by atoms with Gasteiger partial charge < -0.3 is 19.8 Å². The lowest BCUT2D eigenvalue weighted by molar-refractivity contribution is -0.117. The normalized spacial score (nSPS) is 12.6. The van der Waals surface area contributed by atoms with Crippen LogP contribution >= 0.6 is 11.3 Å². The van der Waals surface area contributed by atoms with Crippen LogP contribution in [0.15, 0.2) is 15.9 Å². The molecule has 0 radical (unpaired) electrons. The van der Waals surface area contributed by atoms with Crippen molar-refractivity contribution >= 4 is 28.5 Å². The molecule has 0 spiro atoms. The minimum atomic E-state index is -0.750. The molecule has 2 aromatic heterocycles. The van der Waals surface area contributed by atoms with Crippen LogP contribution in [0.1, 0.15) is 39.2 Å². The van der Waals surface area contributed by atoms with Crippen LogP contribution in [0.5, 0.6) is 0 Å². The first kappa shape index (κ1) is 19.0. The molecule has 2 N–H and O–H groups in total. The maximum Gasteiger partial charge on any atom is 0.408 e. The number of aromatic nitrogens is 1. The summed E-state index contributed by atoms with van der Waals surface area (Å²) < 4.78 is 10.6. The maximum atomic E-state index is 12.2. The van der Waals surface area contributed by atoms with E-state index >= 15 is 0 Å². The lowest BCUT2D eigenvalue weighted by atomic mass is 10.2. The zero-order valence-corrected chi connectivity index (χ0v) is 16.0. The van der Waals surface area contributed by atoms with Crippen molar-refractivity contribution in [2.45, 2.75) is 53.2 Å². The van der Waals surface area contributed by atoms with E-state index in [1.165, 1.54) is 11.3 Å². The van der Waals surface area contributed by atoms with Gasteiger partial charge in [-0.1, -0.05) is 0 Å². The fourth-order valence-corrected chi connectivity index (χ4v) is 2.82. The molecule has 7 nitrogen and oxygen atoms in total. The van der Waals surface area contributed by atoms with Crippen molar-refractivity contribution in [3.63, 3.8) is 0 Å². The van der Waals surface area contributed by atoms with Gasteiger partial charge in [0, 0.05) is 10.9 Å². The fraction of sp³-hybridized carbons (Fsp3) is 0.471.